The minimum absolute atomic E-state index is 0.218. The molecular formula is C18H31N5O2S. The van der Waals surface area contributed by atoms with Crippen molar-refractivity contribution in [3.8, 4) is 0 Å². The van der Waals surface area contributed by atoms with Gasteiger partial charge in [0.2, 0.25) is 0 Å². The summed E-state index contributed by atoms with van der Waals surface area (Å²) in [6.07, 6.45) is 7.39. The Labute approximate surface area is 159 Å². The maximum Gasteiger partial charge on any atom is 0.151 e. The largest absolute Gasteiger partial charge is 0.393 e. The summed E-state index contributed by atoms with van der Waals surface area (Å²) in [4.78, 5) is 8.53. The van der Waals surface area contributed by atoms with E-state index in [1.807, 2.05) is 17.7 Å². The Kier molecular flexibility index (Phi) is 8.64. The number of aliphatic hydroxyl groups is 1. The molecule has 1 unspecified atom stereocenters. The van der Waals surface area contributed by atoms with Gasteiger partial charge in [-0.3, -0.25) is 0 Å². The molecule has 0 saturated carbocycles. The van der Waals surface area contributed by atoms with Gasteiger partial charge in [0.1, 0.15) is 18.6 Å². The fourth-order valence-electron chi connectivity index (χ4n) is 2.84. The lowest BCUT2D eigenvalue weighted by molar-refractivity contribution is 0.0776. The first-order valence-electron chi connectivity index (χ1n) is 9.12. The number of thioether (sulfide) groups is 1. The van der Waals surface area contributed by atoms with Gasteiger partial charge in [0.05, 0.1) is 11.6 Å². The molecule has 0 spiro atoms. The fourth-order valence-corrected chi connectivity index (χ4v) is 3.66. The smallest absolute Gasteiger partial charge is 0.151 e. The number of nitrogens with zero attached hydrogens (tertiary/aromatic N) is 3. The molecule has 2 atom stereocenters. The van der Waals surface area contributed by atoms with Crippen LogP contribution in [0.3, 0.4) is 0 Å². The van der Waals surface area contributed by atoms with Crippen LogP contribution in [0.5, 0.6) is 0 Å². The Morgan fingerprint density at radius 2 is 2.23 bits per heavy atom. The summed E-state index contributed by atoms with van der Waals surface area (Å²) in [6, 6.07) is 0. The average Bonchev–Trinajstić information content (AvgIpc) is 2.97. The summed E-state index contributed by atoms with van der Waals surface area (Å²) in [6.45, 7) is 6.56. The molecule has 2 rings (SSSR count). The monoisotopic (exact) mass is 381 g/mol. The number of aromatic nitrogens is 3. The zero-order valence-corrected chi connectivity index (χ0v) is 16.8. The van der Waals surface area contributed by atoms with Gasteiger partial charge < -0.3 is 25.5 Å². The molecule has 8 heteroatoms. The Bertz CT molecular complexity index is 677. The van der Waals surface area contributed by atoms with Crippen LogP contribution in [-0.4, -0.2) is 50.9 Å². The third-order valence-electron chi connectivity index (χ3n) is 4.41. The molecule has 146 valence electrons. The third kappa shape index (κ3) is 5.57. The van der Waals surface area contributed by atoms with E-state index in [0.29, 0.717) is 19.1 Å². The van der Waals surface area contributed by atoms with E-state index in [9.17, 15) is 5.11 Å². The van der Waals surface area contributed by atoms with E-state index in [4.69, 9.17) is 10.5 Å². The van der Waals surface area contributed by atoms with Crippen LogP contribution in [-0.2, 0) is 18.0 Å². The van der Waals surface area contributed by atoms with E-state index in [0.717, 1.165) is 48.3 Å². The normalized spacial score (nSPS) is 14.0. The maximum atomic E-state index is 9.88. The number of fused-ring (bicyclic) bond motifs is 1. The number of hydrogen-bond acceptors (Lipinski definition) is 7. The Morgan fingerprint density at radius 3 is 2.92 bits per heavy atom. The first kappa shape index (κ1) is 21.0. The highest BCUT2D eigenvalue weighted by atomic mass is 32.2. The van der Waals surface area contributed by atoms with E-state index in [-0.39, 0.29) is 12.0 Å². The Hall–Kier alpha value is -1.35. The van der Waals surface area contributed by atoms with Gasteiger partial charge in [-0.1, -0.05) is 13.3 Å². The fraction of sp³-hybridized carbons (Fsp3) is 0.667. The second kappa shape index (κ2) is 10.7. The summed E-state index contributed by atoms with van der Waals surface area (Å²) < 4.78 is 7.72. The molecule has 2 aromatic rings. The number of nitrogens with one attached hydrogen (secondary N) is 1. The van der Waals surface area contributed by atoms with Gasteiger partial charge in [-0.25, -0.2) is 9.97 Å². The van der Waals surface area contributed by atoms with Crippen LogP contribution in [0.2, 0.25) is 0 Å². The van der Waals surface area contributed by atoms with Crippen LogP contribution in [0.25, 0.3) is 11.0 Å². The average molecular weight is 382 g/mol. The van der Waals surface area contributed by atoms with Crippen molar-refractivity contribution in [1.82, 2.24) is 19.9 Å². The van der Waals surface area contributed by atoms with Crippen LogP contribution in [0.1, 0.15) is 32.3 Å². The molecule has 2 heterocycles. The molecular weight excluding hydrogens is 350 g/mol. The minimum atomic E-state index is -0.332. The highest BCUT2D eigenvalue weighted by molar-refractivity contribution is 7.98. The number of anilines is 1. The lowest BCUT2D eigenvalue weighted by atomic mass is 10.1. The molecule has 0 radical (unpaired) electrons. The molecule has 0 fully saturated rings. The van der Waals surface area contributed by atoms with Crippen LogP contribution in [0.4, 0.5) is 5.82 Å². The summed E-state index contributed by atoms with van der Waals surface area (Å²) in [5, 5.41) is 13.3. The molecule has 7 nitrogen and oxygen atoms in total. The number of aliphatic hydroxyl groups excluding tert-OH is 1. The lowest BCUT2D eigenvalue weighted by Gasteiger charge is -2.19. The number of nitrogen functional groups attached to an aromatic ring is 1. The van der Waals surface area contributed by atoms with Crippen molar-refractivity contribution in [2.24, 2.45) is 5.92 Å². The van der Waals surface area contributed by atoms with E-state index < -0.39 is 0 Å². The van der Waals surface area contributed by atoms with Crippen LogP contribution >= 0.6 is 11.8 Å². The first-order chi connectivity index (χ1) is 12.6. The zero-order chi connectivity index (χ0) is 18.9. The highest BCUT2D eigenvalue weighted by Gasteiger charge is 2.16. The Morgan fingerprint density at radius 1 is 1.42 bits per heavy atom. The van der Waals surface area contributed by atoms with E-state index in [2.05, 4.69) is 28.5 Å². The molecule has 0 bridgehead atoms. The van der Waals surface area contributed by atoms with Gasteiger partial charge in [-0.2, -0.15) is 11.8 Å². The number of hydrogen-bond donors (Lipinski definition) is 3. The SMILES string of the molecule is CCCCOCn1cc(CNC[C@H](CSC)C(C)O)c2ncnc(N)c21. The van der Waals surface area contributed by atoms with E-state index in [1.54, 1.807) is 11.8 Å². The van der Waals surface area contributed by atoms with E-state index in [1.165, 1.54) is 6.33 Å². The van der Waals surface area contributed by atoms with Crippen molar-refractivity contribution in [3.05, 3.63) is 18.1 Å². The van der Waals surface area contributed by atoms with Gasteiger partial charge in [-0.05, 0) is 25.4 Å². The summed E-state index contributed by atoms with van der Waals surface area (Å²) in [5.41, 5.74) is 8.80. The third-order valence-corrected chi connectivity index (χ3v) is 5.17. The predicted octanol–water partition coefficient (Wildman–Crippen LogP) is 2.24. The molecule has 2 aromatic heterocycles. The van der Waals surface area contributed by atoms with Gasteiger partial charge >= 0.3 is 0 Å². The maximum absolute atomic E-state index is 9.88. The van der Waals surface area contributed by atoms with Gasteiger partial charge in [-0.15, -0.1) is 0 Å². The molecule has 0 amide bonds. The second-order valence-corrected chi connectivity index (χ2v) is 7.47. The van der Waals surface area contributed by atoms with Crippen LogP contribution in [0, 0.1) is 5.92 Å². The Balaban J connectivity index is 2.08. The van der Waals surface area contributed by atoms with Crippen LogP contribution in [0.15, 0.2) is 12.5 Å². The second-order valence-electron chi connectivity index (χ2n) is 6.56. The topological polar surface area (TPSA) is 98.2 Å². The summed E-state index contributed by atoms with van der Waals surface area (Å²) in [5.74, 6) is 1.60. The van der Waals surface area contributed by atoms with Crippen molar-refractivity contribution in [3.63, 3.8) is 0 Å². The lowest BCUT2D eigenvalue weighted by Crippen LogP contribution is -2.31. The molecule has 4 N–H and O–H groups in total. The number of nitrogens with two attached hydrogens (primary N) is 1. The van der Waals surface area contributed by atoms with Crippen molar-refractivity contribution < 1.29 is 9.84 Å². The molecule has 0 saturated heterocycles. The van der Waals surface area contributed by atoms with E-state index >= 15 is 0 Å². The summed E-state index contributed by atoms with van der Waals surface area (Å²) >= 11 is 1.75. The molecule has 26 heavy (non-hydrogen) atoms. The standard InChI is InChI=1S/C18H31N5O2S/c1-4-5-6-25-12-23-9-14(16-17(23)18(19)22-11-21-16)7-20-8-15(10-26-3)13(2)24/h9,11,13,15,20,24H,4-8,10,12H2,1-3H3,(H2,19,21,22)/t13?,15-/m1/s1. The van der Waals surface area contributed by atoms with Gasteiger partial charge in [0, 0.05) is 37.4 Å². The summed E-state index contributed by atoms with van der Waals surface area (Å²) in [7, 11) is 0. The van der Waals surface area contributed by atoms with Crippen molar-refractivity contribution in [1.29, 1.82) is 0 Å². The molecule has 0 aromatic carbocycles. The molecule has 0 aliphatic carbocycles. The highest BCUT2D eigenvalue weighted by Crippen LogP contribution is 2.23. The van der Waals surface area contributed by atoms with Gasteiger partial charge in [0.25, 0.3) is 0 Å². The molecule has 0 aliphatic heterocycles. The number of unbranched alkanes of at least 4 members (excludes halogenated alkanes) is 1. The van der Waals surface area contributed by atoms with Crippen molar-refractivity contribution in [2.45, 2.75) is 46.1 Å². The van der Waals surface area contributed by atoms with Crippen LogP contribution < -0.4 is 11.1 Å². The minimum Gasteiger partial charge on any atom is -0.393 e. The molecule has 0 aliphatic rings. The van der Waals surface area contributed by atoms with Crippen molar-refractivity contribution in [2.75, 3.05) is 30.9 Å². The number of rotatable bonds is 12. The predicted molar refractivity (Wildman–Crippen MR) is 108 cm³/mol. The zero-order valence-electron chi connectivity index (χ0n) is 15.9. The quantitative estimate of drug-likeness (QED) is 0.485. The van der Waals surface area contributed by atoms with Crippen molar-refractivity contribution >= 4 is 28.6 Å². The number of ether oxygens (including phenoxy) is 1. The van der Waals surface area contributed by atoms with Gasteiger partial charge in [0.15, 0.2) is 5.82 Å². The first-order valence-corrected chi connectivity index (χ1v) is 10.5.